The number of benzene rings is 1. The molecule has 12 heavy (non-hydrogen) atoms. The van der Waals surface area contributed by atoms with Crippen LogP contribution < -0.4 is 4.74 Å². The first-order valence-electron chi connectivity index (χ1n) is 3.65. The van der Waals surface area contributed by atoms with Crippen molar-refractivity contribution >= 4 is 6.08 Å². The summed E-state index contributed by atoms with van der Waals surface area (Å²) in [4.78, 5) is 0. The maximum Gasteiger partial charge on any atom is 0.292 e. The summed E-state index contributed by atoms with van der Waals surface area (Å²) in [6.45, 7) is 1.96. The van der Waals surface area contributed by atoms with Gasteiger partial charge in [0.15, 0.2) is 0 Å². The Morgan fingerprint density at radius 3 is 2.50 bits per heavy atom. The highest BCUT2D eigenvalue weighted by Crippen LogP contribution is 2.12. The molecule has 1 aromatic rings. The number of ether oxygens (including phenoxy) is 1. The zero-order chi connectivity index (χ0) is 8.81. The molecular formula is C10H9NO. The second-order valence-electron chi connectivity index (χ2n) is 2.26. The highest BCUT2D eigenvalue weighted by atomic mass is 16.5. The SMILES string of the molecule is C/C=C\c1ccc(OC#N)cc1. The van der Waals surface area contributed by atoms with Gasteiger partial charge in [-0.2, -0.15) is 0 Å². The topological polar surface area (TPSA) is 33.0 Å². The predicted octanol–water partition coefficient (Wildman–Crippen LogP) is 2.58. The maximum absolute atomic E-state index is 8.21. The first-order chi connectivity index (χ1) is 5.86. The molecule has 60 valence electrons. The quantitative estimate of drug-likeness (QED) is 0.621. The maximum atomic E-state index is 8.21. The zero-order valence-electron chi connectivity index (χ0n) is 6.82. The number of nitrogens with zero attached hydrogens (tertiary/aromatic N) is 1. The van der Waals surface area contributed by atoms with Crippen molar-refractivity contribution in [2.45, 2.75) is 6.92 Å². The zero-order valence-corrected chi connectivity index (χ0v) is 6.82. The van der Waals surface area contributed by atoms with E-state index < -0.39 is 0 Å². The van der Waals surface area contributed by atoms with Crippen molar-refractivity contribution in [3.05, 3.63) is 35.9 Å². The van der Waals surface area contributed by atoms with Gasteiger partial charge in [0.1, 0.15) is 5.75 Å². The third-order valence-electron chi connectivity index (χ3n) is 1.40. The summed E-state index contributed by atoms with van der Waals surface area (Å²) in [6.07, 6.45) is 5.56. The molecule has 0 spiro atoms. The molecule has 0 aromatic heterocycles. The summed E-state index contributed by atoms with van der Waals surface area (Å²) in [5.74, 6) is 0.575. The van der Waals surface area contributed by atoms with Crippen LogP contribution in [-0.4, -0.2) is 0 Å². The molecule has 0 amide bonds. The molecule has 0 radical (unpaired) electrons. The molecule has 1 rings (SSSR count). The average molecular weight is 159 g/mol. The minimum absolute atomic E-state index is 0.575. The summed E-state index contributed by atoms with van der Waals surface area (Å²) in [5.41, 5.74) is 1.10. The second-order valence-corrected chi connectivity index (χ2v) is 2.26. The van der Waals surface area contributed by atoms with Gasteiger partial charge in [0.25, 0.3) is 6.26 Å². The average Bonchev–Trinajstić information content (AvgIpc) is 2.09. The molecule has 0 heterocycles. The van der Waals surface area contributed by atoms with Gasteiger partial charge in [0, 0.05) is 0 Å². The molecule has 1 aromatic carbocycles. The van der Waals surface area contributed by atoms with Gasteiger partial charge >= 0.3 is 0 Å². The van der Waals surface area contributed by atoms with Gasteiger partial charge in [-0.15, -0.1) is 5.26 Å². The molecule has 0 atom stereocenters. The van der Waals surface area contributed by atoms with Crippen LogP contribution in [0.1, 0.15) is 12.5 Å². The Balaban J connectivity index is 2.79. The van der Waals surface area contributed by atoms with Crippen molar-refractivity contribution in [2.75, 3.05) is 0 Å². The van der Waals surface area contributed by atoms with E-state index in [0.29, 0.717) is 5.75 Å². The Bertz CT molecular complexity index is 306. The lowest BCUT2D eigenvalue weighted by Gasteiger charge is -1.95. The van der Waals surface area contributed by atoms with Crippen LogP contribution >= 0.6 is 0 Å². The molecule has 0 N–H and O–H groups in total. The van der Waals surface area contributed by atoms with Crippen molar-refractivity contribution in [3.63, 3.8) is 0 Å². The van der Waals surface area contributed by atoms with E-state index in [-0.39, 0.29) is 0 Å². The first-order valence-corrected chi connectivity index (χ1v) is 3.65. The lowest BCUT2D eigenvalue weighted by molar-refractivity contribution is 0.507. The monoisotopic (exact) mass is 159 g/mol. The smallest absolute Gasteiger partial charge is 0.292 e. The van der Waals surface area contributed by atoms with E-state index in [0.717, 1.165) is 5.56 Å². The van der Waals surface area contributed by atoms with Gasteiger partial charge in [0.2, 0.25) is 0 Å². The number of allylic oxidation sites excluding steroid dienone is 1. The summed E-state index contributed by atoms with van der Waals surface area (Å²) < 4.78 is 4.62. The van der Waals surface area contributed by atoms with Crippen molar-refractivity contribution in [3.8, 4) is 12.0 Å². The molecule has 0 saturated heterocycles. The van der Waals surface area contributed by atoms with Crippen LogP contribution in [0.25, 0.3) is 6.08 Å². The van der Waals surface area contributed by atoms with Crippen LogP contribution in [0.5, 0.6) is 5.75 Å². The summed E-state index contributed by atoms with van der Waals surface area (Å²) in [6, 6.07) is 7.32. The lowest BCUT2D eigenvalue weighted by Crippen LogP contribution is -1.80. The molecule has 0 bridgehead atoms. The van der Waals surface area contributed by atoms with E-state index in [9.17, 15) is 0 Å². The van der Waals surface area contributed by atoms with Crippen LogP contribution in [0.15, 0.2) is 30.3 Å². The summed E-state index contributed by atoms with van der Waals surface area (Å²) >= 11 is 0. The standard InChI is InChI=1S/C10H9NO/c1-2-3-9-4-6-10(7-5-9)12-8-11/h2-7H,1H3/b3-2-. The Morgan fingerprint density at radius 1 is 1.33 bits per heavy atom. The third-order valence-corrected chi connectivity index (χ3v) is 1.40. The van der Waals surface area contributed by atoms with Crippen molar-refractivity contribution in [1.82, 2.24) is 0 Å². The van der Waals surface area contributed by atoms with E-state index in [1.165, 1.54) is 0 Å². The summed E-state index contributed by atoms with van der Waals surface area (Å²) in [7, 11) is 0. The first kappa shape index (κ1) is 8.35. The van der Waals surface area contributed by atoms with Crippen LogP contribution in [0, 0.1) is 11.5 Å². The van der Waals surface area contributed by atoms with Crippen LogP contribution in [0.4, 0.5) is 0 Å². The highest BCUT2D eigenvalue weighted by Gasteiger charge is 1.90. The predicted molar refractivity (Wildman–Crippen MR) is 47.4 cm³/mol. The lowest BCUT2D eigenvalue weighted by atomic mass is 10.2. The van der Waals surface area contributed by atoms with E-state index >= 15 is 0 Å². The fourth-order valence-corrected chi connectivity index (χ4v) is 0.892. The number of nitriles is 1. The number of hydrogen-bond acceptors (Lipinski definition) is 2. The molecule has 0 aliphatic rings. The van der Waals surface area contributed by atoms with Gasteiger partial charge in [-0.25, -0.2) is 0 Å². The highest BCUT2D eigenvalue weighted by molar-refractivity contribution is 5.50. The fraction of sp³-hybridized carbons (Fsp3) is 0.100. The Labute approximate surface area is 71.7 Å². The third kappa shape index (κ3) is 2.14. The van der Waals surface area contributed by atoms with Gasteiger partial charge in [-0.3, -0.25) is 0 Å². The van der Waals surface area contributed by atoms with Gasteiger partial charge in [0.05, 0.1) is 0 Å². The minimum Gasteiger partial charge on any atom is -0.388 e. The number of hydrogen-bond donors (Lipinski definition) is 0. The van der Waals surface area contributed by atoms with Gasteiger partial charge < -0.3 is 4.74 Å². The van der Waals surface area contributed by atoms with E-state index in [1.807, 2.05) is 31.2 Å². The largest absolute Gasteiger partial charge is 0.388 e. The fourth-order valence-electron chi connectivity index (χ4n) is 0.892. The van der Waals surface area contributed by atoms with Gasteiger partial charge in [-0.05, 0) is 24.6 Å². The van der Waals surface area contributed by atoms with Crippen LogP contribution in [0.3, 0.4) is 0 Å². The molecule has 0 unspecified atom stereocenters. The van der Waals surface area contributed by atoms with Crippen molar-refractivity contribution in [2.24, 2.45) is 0 Å². The van der Waals surface area contributed by atoms with Crippen LogP contribution in [-0.2, 0) is 0 Å². The minimum atomic E-state index is 0.575. The van der Waals surface area contributed by atoms with Gasteiger partial charge in [-0.1, -0.05) is 24.3 Å². The number of rotatable bonds is 2. The Kier molecular flexibility index (Phi) is 2.92. The molecule has 0 fully saturated rings. The van der Waals surface area contributed by atoms with Crippen molar-refractivity contribution in [1.29, 1.82) is 5.26 Å². The molecular weight excluding hydrogens is 150 g/mol. The normalized spacial score (nSPS) is 9.67. The van der Waals surface area contributed by atoms with E-state index in [1.54, 1.807) is 18.4 Å². The molecule has 2 heteroatoms. The molecule has 2 nitrogen and oxygen atoms in total. The van der Waals surface area contributed by atoms with E-state index in [4.69, 9.17) is 5.26 Å². The summed E-state index contributed by atoms with van der Waals surface area (Å²) in [5, 5.41) is 8.21. The van der Waals surface area contributed by atoms with E-state index in [2.05, 4.69) is 4.74 Å². The molecule has 0 saturated carbocycles. The Morgan fingerprint density at radius 2 is 2.00 bits per heavy atom. The van der Waals surface area contributed by atoms with Crippen molar-refractivity contribution < 1.29 is 4.74 Å². The second kappa shape index (κ2) is 4.20. The Hall–Kier alpha value is -1.75. The van der Waals surface area contributed by atoms with Crippen LogP contribution in [0.2, 0.25) is 0 Å². The molecule has 0 aliphatic carbocycles. The molecule has 0 aliphatic heterocycles.